The molecule has 0 aliphatic carbocycles. The second kappa shape index (κ2) is 5.30. The minimum atomic E-state index is -0.956. The van der Waals surface area contributed by atoms with Crippen LogP contribution in [0.5, 0.6) is 0 Å². The SMILES string of the molecule is Cc1cc(C(=O)Nc2ccc(CC(=O)O)nc2)no1. The van der Waals surface area contributed by atoms with Gasteiger partial charge in [0.2, 0.25) is 0 Å². The summed E-state index contributed by atoms with van der Waals surface area (Å²) in [6.07, 6.45) is 1.24. The smallest absolute Gasteiger partial charge is 0.309 e. The van der Waals surface area contributed by atoms with Gasteiger partial charge in [0.15, 0.2) is 5.69 Å². The lowest BCUT2D eigenvalue weighted by atomic mass is 10.2. The van der Waals surface area contributed by atoms with Crippen molar-refractivity contribution in [2.75, 3.05) is 5.32 Å². The second-order valence-electron chi connectivity index (χ2n) is 3.89. The van der Waals surface area contributed by atoms with Gasteiger partial charge in [-0.25, -0.2) is 0 Å². The Hall–Kier alpha value is -2.70. The number of anilines is 1. The number of carboxylic acid groups (broad SMARTS) is 1. The normalized spacial score (nSPS) is 10.2. The summed E-state index contributed by atoms with van der Waals surface area (Å²) in [4.78, 5) is 26.2. The fourth-order valence-electron chi connectivity index (χ4n) is 1.43. The molecule has 2 heterocycles. The van der Waals surface area contributed by atoms with Crippen LogP contribution in [0.1, 0.15) is 21.9 Å². The number of aliphatic carboxylic acids is 1. The van der Waals surface area contributed by atoms with E-state index in [0.717, 1.165) is 0 Å². The molecule has 0 aliphatic rings. The van der Waals surface area contributed by atoms with Crippen LogP contribution in [0.2, 0.25) is 0 Å². The van der Waals surface area contributed by atoms with Crippen LogP contribution in [0.25, 0.3) is 0 Å². The van der Waals surface area contributed by atoms with Gasteiger partial charge in [0, 0.05) is 6.07 Å². The van der Waals surface area contributed by atoms with Gasteiger partial charge in [-0.1, -0.05) is 5.16 Å². The van der Waals surface area contributed by atoms with E-state index in [1.54, 1.807) is 13.0 Å². The lowest BCUT2D eigenvalue weighted by molar-refractivity contribution is -0.136. The van der Waals surface area contributed by atoms with E-state index in [0.29, 0.717) is 17.1 Å². The number of pyridine rings is 1. The molecule has 0 saturated carbocycles. The first-order valence-corrected chi connectivity index (χ1v) is 5.46. The highest BCUT2D eigenvalue weighted by molar-refractivity contribution is 6.02. The standard InChI is InChI=1S/C12H11N3O4/c1-7-4-10(15-19-7)12(18)14-9-3-2-8(13-6-9)5-11(16)17/h2-4,6H,5H2,1H3,(H,14,18)(H,16,17). The van der Waals surface area contributed by atoms with Crippen molar-refractivity contribution >= 4 is 17.6 Å². The molecular formula is C12H11N3O4. The van der Waals surface area contributed by atoms with Crippen LogP contribution in [-0.2, 0) is 11.2 Å². The first kappa shape index (κ1) is 12.7. The first-order chi connectivity index (χ1) is 9.04. The minimum absolute atomic E-state index is 0.156. The lowest BCUT2D eigenvalue weighted by Gasteiger charge is -2.03. The molecule has 0 atom stereocenters. The molecule has 19 heavy (non-hydrogen) atoms. The second-order valence-corrected chi connectivity index (χ2v) is 3.89. The number of aromatic nitrogens is 2. The van der Waals surface area contributed by atoms with Crippen molar-refractivity contribution in [3.05, 3.63) is 41.5 Å². The van der Waals surface area contributed by atoms with Crippen molar-refractivity contribution in [1.82, 2.24) is 10.1 Å². The minimum Gasteiger partial charge on any atom is -0.481 e. The molecule has 0 saturated heterocycles. The average Bonchev–Trinajstić information content (AvgIpc) is 2.78. The van der Waals surface area contributed by atoms with Crippen molar-refractivity contribution in [2.45, 2.75) is 13.3 Å². The Labute approximate surface area is 108 Å². The fourth-order valence-corrected chi connectivity index (χ4v) is 1.43. The molecule has 7 nitrogen and oxygen atoms in total. The van der Waals surface area contributed by atoms with Gasteiger partial charge in [-0.15, -0.1) is 0 Å². The van der Waals surface area contributed by atoms with Crippen LogP contribution >= 0.6 is 0 Å². The van der Waals surface area contributed by atoms with Gasteiger partial charge in [0.25, 0.3) is 5.91 Å². The van der Waals surface area contributed by atoms with Crippen LogP contribution in [0, 0.1) is 6.92 Å². The number of carboxylic acids is 1. The number of nitrogens with zero attached hydrogens (tertiary/aromatic N) is 2. The summed E-state index contributed by atoms with van der Waals surface area (Å²) >= 11 is 0. The zero-order valence-corrected chi connectivity index (χ0v) is 10.1. The quantitative estimate of drug-likeness (QED) is 0.858. The van der Waals surface area contributed by atoms with Gasteiger partial charge in [-0.05, 0) is 19.1 Å². The molecule has 2 N–H and O–H groups in total. The molecule has 7 heteroatoms. The van der Waals surface area contributed by atoms with Crippen molar-refractivity contribution < 1.29 is 19.2 Å². The molecule has 0 unspecified atom stereocenters. The third kappa shape index (κ3) is 3.38. The van der Waals surface area contributed by atoms with Crippen molar-refractivity contribution in [2.24, 2.45) is 0 Å². The molecule has 98 valence electrons. The molecule has 0 bridgehead atoms. The molecule has 1 amide bonds. The number of amides is 1. The van der Waals surface area contributed by atoms with E-state index < -0.39 is 11.9 Å². The molecule has 0 fully saturated rings. The van der Waals surface area contributed by atoms with Gasteiger partial charge in [0.1, 0.15) is 5.76 Å². The molecule has 2 rings (SSSR count). The molecule has 0 spiro atoms. The zero-order chi connectivity index (χ0) is 13.8. The molecule has 2 aromatic rings. The number of aryl methyl sites for hydroxylation is 1. The Kier molecular flexibility index (Phi) is 3.56. The van der Waals surface area contributed by atoms with Gasteiger partial charge >= 0.3 is 5.97 Å². The van der Waals surface area contributed by atoms with Gasteiger partial charge < -0.3 is 14.9 Å². The van der Waals surface area contributed by atoms with E-state index in [2.05, 4.69) is 15.5 Å². The summed E-state index contributed by atoms with van der Waals surface area (Å²) in [5.41, 5.74) is 1.05. The van der Waals surface area contributed by atoms with E-state index in [-0.39, 0.29) is 12.1 Å². The highest BCUT2D eigenvalue weighted by atomic mass is 16.5. The number of carbonyl (C=O) groups excluding carboxylic acids is 1. The highest BCUT2D eigenvalue weighted by Crippen LogP contribution is 2.09. The highest BCUT2D eigenvalue weighted by Gasteiger charge is 2.11. The third-order valence-corrected chi connectivity index (χ3v) is 2.28. The number of nitrogens with one attached hydrogen (secondary N) is 1. The van der Waals surface area contributed by atoms with Crippen LogP contribution in [-0.4, -0.2) is 27.1 Å². The molecule has 2 aromatic heterocycles. The van der Waals surface area contributed by atoms with Crippen molar-refractivity contribution in [3.8, 4) is 0 Å². The molecule has 0 radical (unpaired) electrons. The Morgan fingerprint density at radius 2 is 2.21 bits per heavy atom. The number of rotatable bonds is 4. The maximum Gasteiger partial charge on any atom is 0.309 e. The maximum absolute atomic E-state index is 11.7. The molecule has 0 aliphatic heterocycles. The van der Waals surface area contributed by atoms with Crippen LogP contribution < -0.4 is 5.32 Å². The fraction of sp³-hybridized carbons (Fsp3) is 0.167. The largest absolute Gasteiger partial charge is 0.481 e. The van der Waals surface area contributed by atoms with E-state index >= 15 is 0 Å². The summed E-state index contributed by atoms with van der Waals surface area (Å²) in [6.45, 7) is 1.69. The average molecular weight is 261 g/mol. The Morgan fingerprint density at radius 1 is 1.42 bits per heavy atom. The lowest BCUT2D eigenvalue weighted by Crippen LogP contribution is -2.12. The van der Waals surface area contributed by atoms with Gasteiger partial charge in [0.05, 0.1) is 24.0 Å². The zero-order valence-electron chi connectivity index (χ0n) is 10.1. The summed E-state index contributed by atoms with van der Waals surface area (Å²) < 4.78 is 4.79. The number of carbonyl (C=O) groups is 2. The first-order valence-electron chi connectivity index (χ1n) is 5.46. The summed E-state index contributed by atoms with van der Waals surface area (Å²) in [5.74, 6) is -0.827. The molecular weight excluding hydrogens is 250 g/mol. The van der Waals surface area contributed by atoms with Crippen LogP contribution in [0.15, 0.2) is 28.9 Å². The topological polar surface area (TPSA) is 105 Å². The van der Waals surface area contributed by atoms with E-state index in [9.17, 15) is 9.59 Å². The van der Waals surface area contributed by atoms with E-state index in [1.807, 2.05) is 0 Å². The van der Waals surface area contributed by atoms with Gasteiger partial charge in [-0.2, -0.15) is 0 Å². The summed E-state index contributed by atoms with van der Waals surface area (Å²) in [5, 5.41) is 14.8. The van der Waals surface area contributed by atoms with E-state index in [4.69, 9.17) is 9.63 Å². The Morgan fingerprint density at radius 3 is 2.74 bits per heavy atom. The van der Waals surface area contributed by atoms with Gasteiger partial charge in [-0.3, -0.25) is 14.6 Å². The van der Waals surface area contributed by atoms with E-state index in [1.165, 1.54) is 18.3 Å². The summed E-state index contributed by atoms with van der Waals surface area (Å²) in [7, 11) is 0. The number of hydrogen-bond acceptors (Lipinski definition) is 5. The number of hydrogen-bond donors (Lipinski definition) is 2. The Balaban J connectivity index is 2.03. The third-order valence-electron chi connectivity index (χ3n) is 2.28. The predicted molar refractivity (Wildman–Crippen MR) is 64.8 cm³/mol. The maximum atomic E-state index is 11.7. The monoisotopic (exact) mass is 261 g/mol. The Bertz CT molecular complexity index is 604. The summed E-state index contributed by atoms with van der Waals surface area (Å²) in [6, 6.07) is 4.63. The van der Waals surface area contributed by atoms with Crippen molar-refractivity contribution in [3.63, 3.8) is 0 Å². The van der Waals surface area contributed by atoms with Crippen LogP contribution in [0.4, 0.5) is 5.69 Å². The van der Waals surface area contributed by atoms with Crippen LogP contribution in [0.3, 0.4) is 0 Å². The predicted octanol–water partition coefficient (Wildman–Crippen LogP) is 1.26. The molecule has 0 aromatic carbocycles. The van der Waals surface area contributed by atoms with Crippen molar-refractivity contribution in [1.29, 1.82) is 0 Å².